The van der Waals surface area contributed by atoms with Gasteiger partial charge in [0.1, 0.15) is 17.6 Å². The molecule has 0 atom stereocenters. The fourth-order valence-electron chi connectivity index (χ4n) is 3.41. The minimum atomic E-state index is -0.336. The van der Waals surface area contributed by atoms with E-state index in [2.05, 4.69) is 9.97 Å². The molecule has 0 aliphatic carbocycles. The standard InChI is InChI=1S/C20H16ClFN4O2/c1-11-7-13(22)3-4-15(11)25-10-26(16-5-6-19(27)24-12(16)2)20(28)14-8-18(21)23-9-17(14)25/h3-9H,10H2,1-2H3,(H,24,27). The SMILES string of the molecule is Cc1cc(F)ccc1N1CN(c2ccc(=O)[nH]c2C)C(=O)c2cc(Cl)ncc21. The Morgan fingerprint density at radius 3 is 2.50 bits per heavy atom. The third kappa shape index (κ3) is 3.03. The van der Waals surface area contributed by atoms with Crippen molar-refractivity contribution in [2.24, 2.45) is 0 Å². The molecule has 6 nitrogen and oxygen atoms in total. The predicted octanol–water partition coefficient (Wildman–Crippen LogP) is 3.94. The molecule has 1 aromatic carbocycles. The molecule has 0 spiro atoms. The molecule has 142 valence electrons. The quantitative estimate of drug-likeness (QED) is 0.664. The molecule has 0 saturated carbocycles. The lowest BCUT2D eigenvalue weighted by molar-refractivity contribution is 0.0983. The number of aromatic amines is 1. The zero-order chi connectivity index (χ0) is 20.0. The number of aryl methyl sites for hydroxylation is 2. The Morgan fingerprint density at radius 2 is 1.79 bits per heavy atom. The fourth-order valence-corrected chi connectivity index (χ4v) is 3.57. The summed E-state index contributed by atoms with van der Waals surface area (Å²) >= 11 is 6.04. The molecule has 3 heterocycles. The van der Waals surface area contributed by atoms with E-state index in [0.717, 1.165) is 5.69 Å². The Balaban J connectivity index is 1.90. The zero-order valence-corrected chi connectivity index (χ0v) is 15.9. The van der Waals surface area contributed by atoms with Crippen LogP contribution in [0.15, 0.2) is 47.4 Å². The van der Waals surface area contributed by atoms with Crippen LogP contribution in [0.3, 0.4) is 0 Å². The van der Waals surface area contributed by atoms with Gasteiger partial charge < -0.3 is 9.88 Å². The maximum Gasteiger partial charge on any atom is 0.262 e. The van der Waals surface area contributed by atoms with Crippen molar-refractivity contribution in [1.29, 1.82) is 0 Å². The lowest BCUT2D eigenvalue weighted by Crippen LogP contribution is -2.45. The van der Waals surface area contributed by atoms with Crippen LogP contribution in [0.2, 0.25) is 5.15 Å². The number of rotatable bonds is 2. The number of anilines is 3. The van der Waals surface area contributed by atoms with E-state index in [-0.39, 0.29) is 29.1 Å². The normalized spacial score (nSPS) is 13.6. The van der Waals surface area contributed by atoms with E-state index in [0.29, 0.717) is 28.2 Å². The highest BCUT2D eigenvalue weighted by Gasteiger charge is 2.33. The topological polar surface area (TPSA) is 69.3 Å². The molecule has 3 aromatic rings. The van der Waals surface area contributed by atoms with Gasteiger partial charge in [-0.3, -0.25) is 14.5 Å². The number of pyridine rings is 2. The van der Waals surface area contributed by atoms with Crippen molar-refractivity contribution in [2.45, 2.75) is 13.8 Å². The van der Waals surface area contributed by atoms with Gasteiger partial charge in [-0.1, -0.05) is 11.6 Å². The maximum atomic E-state index is 13.6. The molecule has 0 saturated heterocycles. The van der Waals surface area contributed by atoms with Crippen LogP contribution in [0.1, 0.15) is 21.6 Å². The van der Waals surface area contributed by atoms with Crippen LogP contribution < -0.4 is 15.4 Å². The number of nitrogens with one attached hydrogen (secondary N) is 1. The Bertz CT molecular complexity index is 1160. The van der Waals surface area contributed by atoms with E-state index < -0.39 is 0 Å². The summed E-state index contributed by atoms with van der Waals surface area (Å²) in [6.07, 6.45) is 1.54. The number of amides is 1. The second-order valence-electron chi connectivity index (χ2n) is 6.59. The number of carbonyl (C=O) groups is 1. The molecule has 28 heavy (non-hydrogen) atoms. The lowest BCUT2D eigenvalue weighted by atomic mass is 10.1. The number of hydrogen-bond acceptors (Lipinski definition) is 4. The average Bonchev–Trinajstić information content (AvgIpc) is 2.64. The van der Waals surface area contributed by atoms with Crippen molar-refractivity contribution in [3.63, 3.8) is 0 Å². The average molecular weight is 399 g/mol. The van der Waals surface area contributed by atoms with Crippen molar-refractivity contribution in [2.75, 3.05) is 16.5 Å². The Kier molecular flexibility index (Phi) is 4.39. The number of halogens is 2. The van der Waals surface area contributed by atoms with Gasteiger partial charge in [0.25, 0.3) is 5.91 Å². The largest absolute Gasteiger partial charge is 0.324 e. The highest BCUT2D eigenvalue weighted by Crippen LogP contribution is 2.37. The van der Waals surface area contributed by atoms with Gasteiger partial charge in [0, 0.05) is 17.4 Å². The summed E-state index contributed by atoms with van der Waals surface area (Å²) in [6.45, 7) is 3.70. The molecule has 0 unspecified atom stereocenters. The van der Waals surface area contributed by atoms with E-state index in [1.54, 1.807) is 30.9 Å². The first kappa shape index (κ1) is 18.2. The molecule has 4 rings (SSSR count). The summed E-state index contributed by atoms with van der Waals surface area (Å²) in [6, 6.07) is 8.96. The van der Waals surface area contributed by atoms with Crippen LogP contribution in [0.4, 0.5) is 21.5 Å². The minimum absolute atomic E-state index is 0.175. The van der Waals surface area contributed by atoms with Gasteiger partial charge in [0.2, 0.25) is 5.56 Å². The number of fused-ring (bicyclic) bond motifs is 1. The molecule has 0 bridgehead atoms. The highest BCUT2D eigenvalue weighted by atomic mass is 35.5. The zero-order valence-electron chi connectivity index (χ0n) is 15.2. The van der Waals surface area contributed by atoms with E-state index in [4.69, 9.17) is 11.6 Å². The first-order chi connectivity index (χ1) is 13.3. The van der Waals surface area contributed by atoms with Crippen molar-refractivity contribution in [1.82, 2.24) is 9.97 Å². The molecule has 1 aliphatic heterocycles. The van der Waals surface area contributed by atoms with Gasteiger partial charge in [0.05, 0.1) is 23.1 Å². The number of hydrogen-bond donors (Lipinski definition) is 1. The summed E-state index contributed by atoms with van der Waals surface area (Å²) < 4.78 is 13.6. The van der Waals surface area contributed by atoms with Crippen LogP contribution in [-0.2, 0) is 0 Å². The maximum absolute atomic E-state index is 13.6. The van der Waals surface area contributed by atoms with E-state index in [1.165, 1.54) is 30.5 Å². The summed E-state index contributed by atoms with van der Waals surface area (Å²) in [5, 5.41) is 0.197. The van der Waals surface area contributed by atoms with E-state index in [9.17, 15) is 14.0 Å². The van der Waals surface area contributed by atoms with Crippen molar-refractivity contribution in [3.8, 4) is 0 Å². The monoisotopic (exact) mass is 398 g/mol. The van der Waals surface area contributed by atoms with Gasteiger partial charge in [-0.05, 0) is 49.7 Å². The molecule has 1 aliphatic rings. The number of H-pyrrole nitrogens is 1. The molecular formula is C20H16ClFN4O2. The van der Waals surface area contributed by atoms with Crippen LogP contribution >= 0.6 is 11.6 Å². The highest BCUT2D eigenvalue weighted by molar-refractivity contribution is 6.30. The number of aromatic nitrogens is 2. The third-order valence-corrected chi connectivity index (χ3v) is 4.93. The molecule has 8 heteroatoms. The summed E-state index contributed by atoms with van der Waals surface area (Å²) in [7, 11) is 0. The fraction of sp³-hybridized carbons (Fsp3) is 0.150. The van der Waals surface area contributed by atoms with Crippen molar-refractivity contribution >= 4 is 34.6 Å². The predicted molar refractivity (Wildman–Crippen MR) is 106 cm³/mol. The Morgan fingerprint density at radius 1 is 1.04 bits per heavy atom. The lowest BCUT2D eigenvalue weighted by Gasteiger charge is -2.38. The van der Waals surface area contributed by atoms with Crippen LogP contribution in [0, 0.1) is 19.7 Å². The summed E-state index contributed by atoms with van der Waals surface area (Å²) in [5.74, 6) is -0.595. The Labute approximate surface area is 165 Å². The van der Waals surface area contributed by atoms with Gasteiger partial charge in [-0.15, -0.1) is 0 Å². The molecule has 0 radical (unpaired) electrons. The van der Waals surface area contributed by atoms with Crippen LogP contribution in [0.25, 0.3) is 0 Å². The van der Waals surface area contributed by atoms with Gasteiger partial charge in [0.15, 0.2) is 0 Å². The molecule has 1 N–H and O–H groups in total. The molecular weight excluding hydrogens is 383 g/mol. The second-order valence-corrected chi connectivity index (χ2v) is 6.98. The third-order valence-electron chi connectivity index (χ3n) is 4.73. The number of nitrogens with zero attached hydrogens (tertiary/aromatic N) is 3. The van der Waals surface area contributed by atoms with Gasteiger partial charge in [-0.2, -0.15) is 0 Å². The molecule has 2 aromatic heterocycles. The minimum Gasteiger partial charge on any atom is -0.324 e. The second kappa shape index (κ2) is 6.76. The molecule has 0 fully saturated rings. The first-order valence-electron chi connectivity index (χ1n) is 8.56. The van der Waals surface area contributed by atoms with E-state index in [1.807, 2.05) is 4.90 Å². The van der Waals surface area contributed by atoms with Crippen LogP contribution in [0.5, 0.6) is 0 Å². The van der Waals surface area contributed by atoms with E-state index >= 15 is 0 Å². The van der Waals surface area contributed by atoms with Crippen molar-refractivity contribution < 1.29 is 9.18 Å². The number of carbonyl (C=O) groups excluding carboxylic acids is 1. The summed E-state index contributed by atoms with van der Waals surface area (Å²) in [4.78, 5) is 35.0. The smallest absolute Gasteiger partial charge is 0.262 e. The Hall–Kier alpha value is -3.19. The van der Waals surface area contributed by atoms with Crippen LogP contribution in [-0.4, -0.2) is 22.5 Å². The first-order valence-corrected chi connectivity index (χ1v) is 8.94. The molecule has 1 amide bonds. The van der Waals surface area contributed by atoms with Crippen molar-refractivity contribution in [3.05, 3.63) is 80.7 Å². The van der Waals surface area contributed by atoms with Gasteiger partial charge in [-0.25, -0.2) is 9.37 Å². The number of benzene rings is 1. The summed E-state index contributed by atoms with van der Waals surface area (Å²) in [5.41, 5.74) is 3.32. The van der Waals surface area contributed by atoms with Gasteiger partial charge >= 0.3 is 0 Å².